The van der Waals surface area contributed by atoms with Gasteiger partial charge in [-0.3, -0.25) is 0 Å². The van der Waals surface area contributed by atoms with Gasteiger partial charge in [0.1, 0.15) is 5.56 Å². The van der Waals surface area contributed by atoms with Gasteiger partial charge in [-0.25, -0.2) is 9.79 Å². The number of halogens is 1. The molecule has 0 saturated carbocycles. The maximum atomic E-state index is 11.9. The number of furan rings is 1. The van der Waals surface area contributed by atoms with E-state index in [1.807, 2.05) is 60.7 Å². The van der Waals surface area contributed by atoms with Gasteiger partial charge in [-0.2, -0.15) is 0 Å². The highest BCUT2D eigenvalue weighted by Gasteiger charge is 2.19. The van der Waals surface area contributed by atoms with Gasteiger partial charge in [0.05, 0.1) is 12.8 Å². The van der Waals surface area contributed by atoms with E-state index in [9.17, 15) is 4.79 Å². The second-order valence-electron chi connectivity index (χ2n) is 4.95. The van der Waals surface area contributed by atoms with E-state index in [4.69, 9.17) is 9.15 Å². The second kappa shape index (κ2) is 7.27. The fraction of sp³-hybridized carbons (Fsp3) is 0.0526. The standard InChI is InChI=1S/C19H14BrNO3/c1-23-19(22)15-12-16(20)24-18(15)21-17(13-8-4-2-5-9-13)14-10-6-3-7-11-14/h2-12H,1H3. The average molecular weight is 384 g/mol. The number of rotatable bonds is 4. The summed E-state index contributed by atoms with van der Waals surface area (Å²) in [5.41, 5.74) is 2.83. The van der Waals surface area contributed by atoms with Crippen LogP contribution in [0.1, 0.15) is 21.5 Å². The van der Waals surface area contributed by atoms with Crippen LogP contribution in [0.3, 0.4) is 0 Å². The Labute approximate surface area is 147 Å². The quantitative estimate of drug-likeness (QED) is 0.470. The van der Waals surface area contributed by atoms with E-state index in [1.165, 1.54) is 7.11 Å². The van der Waals surface area contributed by atoms with Gasteiger partial charge >= 0.3 is 5.97 Å². The number of nitrogens with zero attached hydrogens (tertiary/aromatic N) is 1. The smallest absolute Gasteiger partial charge is 0.343 e. The van der Waals surface area contributed by atoms with Gasteiger partial charge in [-0.1, -0.05) is 60.7 Å². The molecule has 0 atom stereocenters. The Morgan fingerprint density at radius 1 is 1.00 bits per heavy atom. The third-order valence-electron chi connectivity index (χ3n) is 3.40. The number of benzene rings is 2. The molecule has 0 radical (unpaired) electrons. The number of hydrogen-bond donors (Lipinski definition) is 0. The molecule has 0 fully saturated rings. The van der Waals surface area contributed by atoms with Crippen LogP contribution in [0.15, 0.2) is 80.8 Å². The van der Waals surface area contributed by atoms with Crippen LogP contribution >= 0.6 is 15.9 Å². The van der Waals surface area contributed by atoms with Crippen LogP contribution in [-0.4, -0.2) is 18.8 Å². The van der Waals surface area contributed by atoms with Crippen molar-refractivity contribution in [2.75, 3.05) is 7.11 Å². The van der Waals surface area contributed by atoms with Crippen LogP contribution in [-0.2, 0) is 4.74 Å². The third-order valence-corrected chi connectivity index (χ3v) is 3.79. The molecule has 0 aliphatic rings. The topological polar surface area (TPSA) is 51.8 Å². The molecule has 2 aromatic carbocycles. The van der Waals surface area contributed by atoms with Crippen molar-refractivity contribution in [3.05, 3.63) is 88.1 Å². The monoisotopic (exact) mass is 383 g/mol. The van der Waals surface area contributed by atoms with Gasteiger partial charge in [-0.15, -0.1) is 0 Å². The van der Waals surface area contributed by atoms with Crippen molar-refractivity contribution in [1.29, 1.82) is 0 Å². The lowest BCUT2D eigenvalue weighted by atomic mass is 10.0. The van der Waals surface area contributed by atoms with Crippen molar-refractivity contribution in [1.82, 2.24) is 0 Å². The first-order chi connectivity index (χ1) is 11.7. The largest absolute Gasteiger partial charge is 0.465 e. The molecule has 0 bridgehead atoms. The van der Waals surface area contributed by atoms with Crippen molar-refractivity contribution >= 4 is 33.5 Å². The average Bonchev–Trinajstić information content (AvgIpc) is 3.01. The molecule has 0 unspecified atom stereocenters. The van der Waals surface area contributed by atoms with E-state index in [0.29, 0.717) is 10.4 Å². The van der Waals surface area contributed by atoms with Crippen LogP contribution in [0.25, 0.3) is 0 Å². The molecule has 1 aromatic heterocycles. The lowest BCUT2D eigenvalue weighted by molar-refractivity contribution is 0.0601. The summed E-state index contributed by atoms with van der Waals surface area (Å²) in [7, 11) is 1.33. The Hall–Kier alpha value is -2.66. The van der Waals surface area contributed by atoms with Crippen LogP contribution in [0.5, 0.6) is 0 Å². The van der Waals surface area contributed by atoms with E-state index >= 15 is 0 Å². The van der Waals surface area contributed by atoms with E-state index in [2.05, 4.69) is 20.9 Å². The first-order valence-corrected chi connectivity index (χ1v) is 8.05. The maximum absolute atomic E-state index is 11.9. The zero-order chi connectivity index (χ0) is 16.9. The minimum atomic E-state index is -0.497. The summed E-state index contributed by atoms with van der Waals surface area (Å²) in [6.45, 7) is 0. The van der Waals surface area contributed by atoms with Crippen molar-refractivity contribution in [3.8, 4) is 0 Å². The van der Waals surface area contributed by atoms with Gasteiger partial charge in [-0.05, 0) is 15.9 Å². The number of carbonyl (C=O) groups excluding carboxylic acids is 1. The highest BCUT2D eigenvalue weighted by Crippen LogP contribution is 2.30. The molecule has 3 aromatic rings. The highest BCUT2D eigenvalue weighted by molar-refractivity contribution is 9.10. The Balaban J connectivity index is 2.17. The summed E-state index contributed by atoms with van der Waals surface area (Å²) >= 11 is 3.24. The van der Waals surface area contributed by atoms with Crippen molar-refractivity contribution < 1.29 is 13.9 Å². The van der Waals surface area contributed by atoms with Crippen LogP contribution < -0.4 is 0 Å². The van der Waals surface area contributed by atoms with Crippen molar-refractivity contribution in [3.63, 3.8) is 0 Å². The summed E-state index contributed by atoms with van der Waals surface area (Å²) in [5, 5.41) is 0. The minimum absolute atomic E-state index is 0.205. The first kappa shape index (κ1) is 16.2. The van der Waals surface area contributed by atoms with Crippen molar-refractivity contribution in [2.24, 2.45) is 4.99 Å². The minimum Gasteiger partial charge on any atom is -0.465 e. The molecule has 0 aliphatic carbocycles. The summed E-state index contributed by atoms with van der Waals surface area (Å²) < 4.78 is 10.8. The van der Waals surface area contributed by atoms with Gasteiger partial charge in [0.25, 0.3) is 0 Å². The molecular formula is C19H14BrNO3. The summed E-state index contributed by atoms with van der Waals surface area (Å²) in [6.07, 6.45) is 0. The second-order valence-corrected chi connectivity index (χ2v) is 5.73. The van der Waals surface area contributed by atoms with E-state index in [-0.39, 0.29) is 11.4 Å². The fourth-order valence-corrected chi connectivity index (χ4v) is 2.66. The Bertz CT molecular complexity index is 829. The Kier molecular flexibility index (Phi) is 4.91. The molecule has 4 nitrogen and oxygen atoms in total. The zero-order valence-corrected chi connectivity index (χ0v) is 14.5. The van der Waals surface area contributed by atoms with Crippen LogP contribution in [0.4, 0.5) is 5.88 Å². The maximum Gasteiger partial charge on any atom is 0.343 e. The van der Waals surface area contributed by atoms with Crippen molar-refractivity contribution in [2.45, 2.75) is 0 Å². The number of ether oxygens (including phenoxy) is 1. The predicted octanol–water partition coefficient (Wildman–Crippen LogP) is 5.00. The van der Waals surface area contributed by atoms with E-state index < -0.39 is 5.97 Å². The summed E-state index contributed by atoms with van der Waals surface area (Å²) in [4.78, 5) is 16.5. The SMILES string of the molecule is COC(=O)c1cc(Br)oc1N=C(c1ccccc1)c1ccccc1. The summed E-state index contributed by atoms with van der Waals surface area (Å²) in [5.74, 6) is -0.292. The van der Waals surface area contributed by atoms with Gasteiger partial charge < -0.3 is 9.15 Å². The predicted molar refractivity (Wildman–Crippen MR) is 95.9 cm³/mol. The zero-order valence-electron chi connectivity index (χ0n) is 12.9. The number of esters is 1. The molecule has 0 spiro atoms. The molecular weight excluding hydrogens is 370 g/mol. The van der Waals surface area contributed by atoms with Crippen LogP contribution in [0, 0.1) is 0 Å². The fourth-order valence-electron chi connectivity index (χ4n) is 2.28. The van der Waals surface area contributed by atoms with Crippen LogP contribution in [0.2, 0.25) is 0 Å². The molecule has 24 heavy (non-hydrogen) atoms. The lowest BCUT2D eigenvalue weighted by Gasteiger charge is -2.07. The number of methoxy groups -OCH3 is 1. The summed E-state index contributed by atoms with van der Waals surface area (Å²) in [6, 6.07) is 21.0. The number of hydrogen-bond acceptors (Lipinski definition) is 4. The van der Waals surface area contributed by atoms with E-state index in [0.717, 1.165) is 11.1 Å². The molecule has 3 rings (SSSR count). The number of aliphatic imine (C=N–C) groups is 1. The Morgan fingerprint density at radius 2 is 1.54 bits per heavy atom. The highest BCUT2D eigenvalue weighted by atomic mass is 79.9. The van der Waals surface area contributed by atoms with Gasteiger partial charge in [0.15, 0.2) is 4.67 Å². The third kappa shape index (κ3) is 3.46. The molecule has 5 heteroatoms. The molecule has 1 heterocycles. The number of carbonyl (C=O) groups is 1. The first-order valence-electron chi connectivity index (χ1n) is 7.26. The normalized spacial score (nSPS) is 10.2. The lowest BCUT2D eigenvalue weighted by Crippen LogP contribution is -2.04. The molecule has 0 N–H and O–H groups in total. The molecule has 120 valence electrons. The van der Waals surface area contributed by atoms with Gasteiger partial charge in [0, 0.05) is 17.2 Å². The Morgan fingerprint density at radius 3 is 2.04 bits per heavy atom. The van der Waals surface area contributed by atoms with E-state index in [1.54, 1.807) is 6.07 Å². The molecule has 0 saturated heterocycles. The molecule has 0 aliphatic heterocycles. The van der Waals surface area contributed by atoms with Gasteiger partial charge in [0.2, 0.25) is 5.88 Å². The molecule has 0 amide bonds.